The van der Waals surface area contributed by atoms with E-state index in [1.807, 2.05) is 0 Å². The second-order valence-corrected chi connectivity index (χ2v) is 2.46. The minimum atomic E-state index is -0.328. The Morgan fingerprint density at radius 3 is 2.60 bits per heavy atom. The van der Waals surface area contributed by atoms with Crippen LogP contribution in [0.15, 0.2) is 0 Å². The van der Waals surface area contributed by atoms with Crippen molar-refractivity contribution < 1.29 is 9.84 Å². The molecule has 0 spiro atoms. The predicted octanol–water partition coefficient (Wildman–Crippen LogP) is -0.223. The van der Waals surface area contributed by atoms with Gasteiger partial charge in [0.25, 0.3) is 0 Å². The Morgan fingerprint density at radius 1 is 1.70 bits per heavy atom. The third-order valence-corrected chi connectivity index (χ3v) is 1.32. The molecule has 4 heteroatoms. The molecule has 0 amide bonds. The number of aliphatic hydroxyl groups is 1. The summed E-state index contributed by atoms with van der Waals surface area (Å²) in [6.07, 6.45) is 0.0187. The van der Waals surface area contributed by atoms with Gasteiger partial charge in [-0.2, -0.15) is 0 Å². The number of hydrogen-bond acceptors (Lipinski definition) is 3. The second-order valence-electron chi connectivity index (χ2n) is 2.46. The molecule has 2 N–H and O–H groups in total. The Hall–Kier alpha value is 0.170. The van der Waals surface area contributed by atoms with Gasteiger partial charge in [-0.05, 0) is 6.92 Å². The lowest BCUT2D eigenvalue weighted by molar-refractivity contribution is -0.0245. The molecule has 62 valence electrons. The van der Waals surface area contributed by atoms with E-state index in [4.69, 9.17) is 9.84 Å². The molecule has 10 heavy (non-hydrogen) atoms. The van der Waals surface area contributed by atoms with Crippen molar-refractivity contribution in [3.63, 3.8) is 0 Å². The van der Waals surface area contributed by atoms with Gasteiger partial charge in [0, 0.05) is 13.1 Å². The zero-order valence-electron chi connectivity index (χ0n) is 6.04. The minimum absolute atomic E-state index is 0. The van der Waals surface area contributed by atoms with Crippen molar-refractivity contribution >= 4 is 12.4 Å². The van der Waals surface area contributed by atoms with Crippen molar-refractivity contribution in [3.8, 4) is 0 Å². The van der Waals surface area contributed by atoms with Gasteiger partial charge in [0.05, 0.1) is 18.8 Å². The molecule has 1 atom stereocenters. The Labute approximate surface area is 67.2 Å². The molecule has 1 rings (SSSR count). The first kappa shape index (κ1) is 10.2. The smallest absolute Gasteiger partial charge is 0.0824 e. The zero-order valence-corrected chi connectivity index (χ0v) is 6.86. The highest BCUT2D eigenvalue weighted by Crippen LogP contribution is 1.98. The summed E-state index contributed by atoms with van der Waals surface area (Å²) in [5, 5.41) is 11.9. The largest absolute Gasteiger partial charge is 0.391 e. The maximum absolute atomic E-state index is 8.78. The Morgan fingerprint density at radius 2 is 2.30 bits per heavy atom. The fraction of sp³-hybridized carbons (Fsp3) is 1.00. The van der Waals surface area contributed by atoms with E-state index in [1.165, 1.54) is 0 Å². The Bertz CT molecular complexity index is 85.8. The number of nitrogens with one attached hydrogen (secondary N) is 1. The summed E-state index contributed by atoms with van der Waals surface area (Å²) in [5.74, 6) is 0. The Balaban J connectivity index is 0.000000810. The van der Waals surface area contributed by atoms with Gasteiger partial charge in [0.15, 0.2) is 0 Å². The standard InChI is InChI=1S/C6H13NO2.ClH/c1-5(8)4-9-6-2-7-3-6;/h5-8H,2-4H2,1H3;1H. The summed E-state index contributed by atoms with van der Waals surface area (Å²) < 4.78 is 5.23. The summed E-state index contributed by atoms with van der Waals surface area (Å²) in [6, 6.07) is 0. The topological polar surface area (TPSA) is 41.5 Å². The van der Waals surface area contributed by atoms with Crippen LogP contribution in [0.5, 0.6) is 0 Å². The molecule has 0 saturated carbocycles. The molecule has 0 aromatic carbocycles. The van der Waals surface area contributed by atoms with Gasteiger partial charge in [0.1, 0.15) is 0 Å². The second kappa shape index (κ2) is 4.91. The van der Waals surface area contributed by atoms with Crippen molar-refractivity contribution in [2.75, 3.05) is 19.7 Å². The first-order chi connectivity index (χ1) is 4.29. The van der Waals surface area contributed by atoms with Gasteiger partial charge in [0.2, 0.25) is 0 Å². The van der Waals surface area contributed by atoms with E-state index in [2.05, 4.69) is 5.32 Å². The number of ether oxygens (including phenoxy) is 1. The first-order valence-electron chi connectivity index (χ1n) is 3.29. The van der Waals surface area contributed by atoms with E-state index in [9.17, 15) is 0 Å². The average molecular weight is 168 g/mol. The van der Waals surface area contributed by atoms with Gasteiger partial charge in [-0.3, -0.25) is 0 Å². The van der Waals surface area contributed by atoms with Crippen LogP contribution in [0.25, 0.3) is 0 Å². The summed E-state index contributed by atoms with van der Waals surface area (Å²) in [4.78, 5) is 0. The molecule has 1 unspecified atom stereocenters. The molecule has 1 aliphatic heterocycles. The van der Waals surface area contributed by atoms with Crippen LogP contribution in [0, 0.1) is 0 Å². The van der Waals surface area contributed by atoms with Crippen LogP contribution in [0.3, 0.4) is 0 Å². The minimum Gasteiger partial charge on any atom is -0.391 e. The molecule has 0 aromatic heterocycles. The van der Waals surface area contributed by atoms with E-state index >= 15 is 0 Å². The van der Waals surface area contributed by atoms with Crippen LogP contribution >= 0.6 is 12.4 Å². The summed E-state index contributed by atoms with van der Waals surface area (Å²) >= 11 is 0. The van der Waals surface area contributed by atoms with Crippen LogP contribution in [0.1, 0.15) is 6.92 Å². The maximum Gasteiger partial charge on any atom is 0.0824 e. The monoisotopic (exact) mass is 167 g/mol. The summed E-state index contributed by atoms with van der Waals surface area (Å²) in [7, 11) is 0. The molecular weight excluding hydrogens is 154 g/mol. The van der Waals surface area contributed by atoms with Crippen LogP contribution in [0.4, 0.5) is 0 Å². The van der Waals surface area contributed by atoms with Crippen molar-refractivity contribution in [3.05, 3.63) is 0 Å². The number of halogens is 1. The van der Waals surface area contributed by atoms with Crippen LogP contribution < -0.4 is 5.32 Å². The van der Waals surface area contributed by atoms with Crippen molar-refractivity contribution in [1.82, 2.24) is 5.32 Å². The zero-order chi connectivity index (χ0) is 6.69. The predicted molar refractivity (Wildman–Crippen MR) is 41.5 cm³/mol. The lowest BCUT2D eigenvalue weighted by Crippen LogP contribution is -2.49. The molecule has 0 radical (unpaired) electrons. The molecule has 0 aromatic rings. The molecule has 1 aliphatic rings. The van der Waals surface area contributed by atoms with Gasteiger partial charge < -0.3 is 15.2 Å². The van der Waals surface area contributed by atoms with Crippen LogP contribution in [-0.4, -0.2) is 37.0 Å². The molecular formula is C6H14ClNO2. The van der Waals surface area contributed by atoms with Gasteiger partial charge in [-0.1, -0.05) is 0 Å². The van der Waals surface area contributed by atoms with Crippen molar-refractivity contribution in [2.24, 2.45) is 0 Å². The van der Waals surface area contributed by atoms with Gasteiger partial charge in [-0.15, -0.1) is 12.4 Å². The lowest BCUT2D eigenvalue weighted by Gasteiger charge is -2.27. The molecule has 1 heterocycles. The number of aliphatic hydroxyl groups excluding tert-OH is 1. The van der Waals surface area contributed by atoms with Crippen LogP contribution in [0.2, 0.25) is 0 Å². The van der Waals surface area contributed by atoms with E-state index in [0.717, 1.165) is 13.1 Å². The van der Waals surface area contributed by atoms with E-state index in [-0.39, 0.29) is 18.5 Å². The lowest BCUT2D eigenvalue weighted by atomic mass is 10.2. The van der Waals surface area contributed by atoms with Crippen molar-refractivity contribution in [1.29, 1.82) is 0 Å². The van der Waals surface area contributed by atoms with E-state index in [1.54, 1.807) is 6.92 Å². The average Bonchev–Trinajstić information content (AvgIpc) is 1.60. The molecule has 1 fully saturated rings. The third kappa shape index (κ3) is 3.37. The molecule has 0 bridgehead atoms. The quantitative estimate of drug-likeness (QED) is 0.611. The first-order valence-corrected chi connectivity index (χ1v) is 3.29. The van der Waals surface area contributed by atoms with E-state index < -0.39 is 0 Å². The fourth-order valence-electron chi connectivity index (χ4n) is 0.655. The van der Waals surface area contributed by atoms with Crippen LogP contribution in [-0.2, 0) is 4.74 Å². The highest BCUT2D eigenvalue weighted by atomic mass is 35.5. The normalized spacial score (nSPS) is 21.0. The van der Waals surface area contributed by atoms with Crippen molar-refractivity contribution in [2.45, 2.75) is 19.1 Å². The highest BCUT2D eigenvalue weighted by molar-refractivity contribution is 5.85. The third-order valence-electron chi connectivity index (χ3n) is 1.32. The molecule has 0 aliphatic carbocycles. The molecule has 1 saturated heterocycles. The summed E-state index contributed by atoms with van der Waals surface area (Å²) in [5.41, 5.74) is 0. The van der Waals surface area contributed by atoms with E-state index in [0.29, 0.717) is 12.7 Å². The summed E-state index contributed by atoms with van der Waals surface area (Å²) in [6.45, 7) is 4.07. The number of hydrogen-bond donors (Lipinski definition) is 2. The molecule has 3 nitrogen and oxygen atoms in total. The number of rotatable bonds is 3. The van der Waals surface area contributed by atoms with Gasteiger partial charge >= 0.3 is 0 Å². The Kier molecular flexibility index (Phi) is 4.99. The highest BCUT2D eigenvalue weighted by Gasteiger charge is 2.16. The SMILES string of the molecule is CC(O)COC1CNC1.Cl. The fourth-order valence-corrected chi connectivity index (χ4v) is 0.655. The van der Waals surface area contributed by atoms with Gasteiger partial charge in [-0.25, -0.2) is 0 Å². The maximum atomic E-state index is 8.78.